The van der Waals surface area contributed by atoms with E-state index < -0.39 is 17.7 Å². The summed E-state index contributed by atoms with van der Waals surface area (Å²) in [7, 11) is 2.89. The van der Waals surface area contributed by atoms with Gasteiger partial charge in [0.2, 0.25) is 0 Å². The Labute approximate surface area is 341 Å². The number of alkyl carbamates (subject to hydrolysis) is 1. The summed E-state index contributed by atoms with van der Waals surface area (Å²) >= 11 is 12.1. The minimum absolute atomic E-state index is 0.0860. The maximum atomic E-state index is 14.5. The Bertz CT molecular complexity index is 2250. The van der Waals surface area contributed by atoms with Crippen LogP contribution in [0.4, 0.5) is 30.0 Å². The molecule has 304 valence electrons. The maximum absolute atomic E-state index is 14.5. The summed E-state index contributed by atoms with van der Waals surface area (Å²) < 4.78 is 33.6. The second-order valence-electron chi connectivity index (χ2n) is 13.9. The molecule has 0 radical (unpaired) electrons. The fourth-order valence-corrected chi connectivity index (χ4v) is 7.59. The number of amides is 3. The first-order chi connectivity index (χ1) is 28.1. The largest absolute Gasteiger partial charge is 0.453 e. The van der Waals surface area contributed by atoms with Gasteiger partial charge in [0, 0.05) is 65.8 Å². The van der Waals surface area contributed by atoms with Crippen molar-refractivity contribution in [2.75, 3.05) is 24.8 Å². The van der Waals surface area contributed by atoms with E-state index >= 15 is 0 Å². The number of methoxy groups -OCH3 is 1. The first-order valence-electron chi connectivity index (χ1n) is 18.8. The van der Waals surface area contributed by atoms with E-state index in [1.165, 1.54) is 7.11 Å². The number of pyridine rings is 2. The number of carbonyl (C=O) groups excluding carboxylic acids is 2. The molecular formula is C38H41Cl2F2N13O3. The number of rotatable bonds is 8. The number of urea groups is 1. The summed E-state index contributed by atoms with van der Waals surface area (Å²) in [5.41, 5.74) is 2.64. The zero-order valence-corrected chi connectivity index (χ0v) is 33.0. The number of nitrogens with one attached hydrogen (secondary N) is 7. The van der Waals surface area contributed by atoms with Crippen molar-refractivity contribution >= 4 is 69.0 Å². The number of H-pyrrole nitrogens is 2. The van der Waals surface area contributed by atoms with Crippen LogP contribution in [0.1, 0.15) is 51.4 Å². The first-order valence-corrected chi connectivity index (χ1v) is 19.5. The smallest absolute Gasteiger partial charge is 0.407 e. The molecule has 2 aliphatic carbocycles. The van der Waals surface area contributed by atoms with Crippen LogP contribution in [0.3, 0.4) is 0 Å². The zero-order valence-electron chi connectivity index (χ0n) is 31.5. The van der Waals surface area contributed by atoms with Gasteiger partial charge in [0.05, 0.1) is 41.6 Å². The van der Waals surface area contributed by atoms with Gasteiger partial charge in [-0.1, -0.05) is 48.9 Å². The molecule has 3 amide bonds. The highest BCUT2D eigenvalue weighted by Gasteiger charge is 2.29. The summed E-state index contributed by atoms with van der Waals surface area (Å²) in [6, 6.07) is 2.68. The second kappa shape index (κ2) is 18.1. The molecule has 7 N–H and O–H groups in total. The molecule has 20 heteroatoms. The molecule has 0 aliphatic heterocycles. The molecule has 58 heavy (non-hydrogen) atoms. The lowest BCUT2D eigenvalue weighted by atomic mass is 9.90. The number of aromatic amines is 2. The molecule has 2 saturated carbocycles. The van der Waals surface area contributed by atoms with E-state index in [0.29, 0.717) is 44.1 Å². The number of nitrogens with zero attached hydrogens (tertiary/aromatic N) is 6. The van der Waals surface area contributed by atoms with Crippen LogP contribution < -0.4 is 26.6 Å². The topological polar surface area (TPSA) is 212 Å². The Morgan fingerprint density at radius 3 is 1.59 bits per heavy atom. The predicted molar refractivity (Wildman–Crippen MR) is 217 cm³/mol. The zero-order chi connectivity index (χ0) is 40.8. The molecular weight excluding hydrogens is 795 g/mol. The SMILES string of the molecule is CNC(=O)N[C@H]1CCCCC1Nc1nc(-c2c[nH]c3ncc(Cl)cc23)ncc1F.COC(=O)N[C@H]1CCCCC1Nc1nc(-c2c[nH]c3ncc(Cl)cc23)ncc1F. The van der Waals surface area contributed by atoms with Gasteiger partial charge in [0.15, 0.2) is 34.9 Å². The Morgan fingerprint density at radius 1 is 0.690 bits per heavy atom. The average Bonchev–Trinajstić information content (AvgIpc) is 3.85. The molecule has 16 nitrogen and oxygen atoms in total. The highest BCUT2D eigenvalue weighted by Crippen LogP contribution is 2.31. The maximum Gasteiger partial charge on any atom is 0.407 e. The highest BCUT2D eigenvalue weighted by molar-refractivity contribution is 6.31. The van der Waals surface area contributed by atoms with Crippen molar-refractivity contribution in [1.29, 1.82) is 0 Å². The molecule has 6 aromatic heterocycles. The molecule has 2 unspecified atom stereocenters. The van der Waals surface area contributed by atoms with Crippen molar-refractivity contribution in [1.82, 2.24) is 55.8 Å². The number of anilines is 2. The number of hydrogen-bond acceptors (Lipinski definition) is 11. The van der Waals surface area contributed by atoms with Crippen LogP contribution in [0.15, 0.2) is 49.3 Å². The van der Waals surface area contributed by atoms with Crippen molar-refractivity contribution in [2.45, 2.75) is 75.5 Å². The Morgan fingerprint density at radius 2 is 1.14 bits per heavy atom. The van der Waals surface area contributed by atoms with Crippen molar-refractivity contribution in [2.24, 2.45) is 0 Å². The van der Waals surface area contributed by atoms with Crippen LogP contribution in [0.2, 0.25) is 10.0 Å². The number of hydrogen-bond donors (Lipinski definition) is 7. The standard InChI is InChI=1S/C19H21ClFN7O.C19H20ClFN6O2/c1-22-19(29)27-15-5-3-2-4-14(15)26-18-13(21)9-25-17(28-18)12-8-24-16-11(12)6-10(20)7-23-16;1-29-19(28)26-15-5-3-2-4-14(15)25-18-13(21)9-24-17(27-18)12-8-23-16-11(12)6-10(20)7-22-16/h6-9,14-15H,2-5H2,1H3,(H,23,24)(H2,22,27,29)(H,25,26,28);6-9,14-15H,2-5H2,1H3,(H,22,23)(H,26,28)(H,24,25,27)/t2*14?,15-/m00/s1. The van der Waals surface area contributed by atoms with E-state index in [1.807, 2.05) is 0 Å². The van der Waals surface area contributed by atoms with E-state index in [0.717, 1.165) is 74.5 Å². The molecule has 2 aliphatic rings. The third kappa shape index (κ3) is 9.29. The van der Waals surface area contributed by atoms with Gasteiger partial charge in [-0.15, -0.1) is 0 Å². The number of fused-ring (bicyclic) bond motifs is 2. The summed E-state index contributed by atoms with van der Waals surface area (Å²) in [4.78, 5) is 55.0. The summed E-state index contributed by atoms with van der Waals surface area (Å²) in [5, 5.41) is 17.1. The van der Waals surface area contributed by atoms with E-state index in [1.54, 1.807) is 44.0 Å². The first kappa shape index (κ1) is 40.3. The van der Waals surface area contributed by atoms with Crippen LogP contribution in [0.5, 0.6) is 0 Å². The molecule has 2 fully saturated rings. The Balaban J connectivity index is 0.000000177. The fourth-order valence-electron chi connectivity index (χ4n) is 7.28. The van der Waals surface area contributed by atoms with E-state index in [9.17, 15) is 18.4 Å². The second-order valence-corrected chi connectivity index (χ2v) is 14.8. The monoisotopic (exact) mass is 835 g/mol. The molecule has 4 atom stereocenters. The van der Waals surface area contributed by atoms with Crippen molar-refractivity contribution in [3.8, 4) is 22.8 Å². The average molecular weight is 837 g/mol. The van der Waals surface area contributed by atoms with Crippen LogP contribution >= 0.6 is 23.2 Å². The predicted octanol–water partition coefficient (Wildman–Crippen LogP) is 7.36. The quantitative estimate of drug-likeness (QED) is 0.0805. The van der Waals surface area contributed by atoms with Gasteiger partial charge in [-0.25, -0.2) is 48.3 Å². The Hall–Kier alpha value is -5.88. The van der Waals surface area contributed by atoms with Gasteiger partial charge in [0.1, 0.15) is 11.3 Å². The van der Waals surface area contributed by atoms with Gasteiger partial charge in [0.25, 0.3) is 0 Å². The van der Waals surface area contributed by atoms with Gasteiger partial charge in [-0.3, -0.25) is 0 Å². The van der Waals surface area contributed by atoms with Gasteiger partial charge < -0.3 is 41.3 Å². The number of aromatic nitrogens is 8. The molecule has 0 bridgehead atoms. The van der Waals surface area contributed by atoms with Crippen LogP contribution in [0, 0.1) is 11.6 Å². The summed E-state index contributed by atoms with van der Waals surface area (Å²) in [5.74, 6) is -0.215. The van der Waals surface area contributed by atoms with E-state index in [-0.39, 0.29) is 41.8 Å². The molecule has 0 saturated heterocycles. The molecule has 6 aromatic rings. The van der Waals surface area contributed by atoms with Crippen molar-refractivity contribution in [3.63, 3.8) is 0 Å². The van der Waals surface area contributed by atoms with Gasteiger partial charge >= 0.3 is 12.1 Å². The van der Waals surface area contributed by atoms with E-state index in [2.05, 4.69) is 66.5 Å². The van der Waals surface area contributed by atoms with Crippen LogP contribution in [-0.2, 0) is 4.74 Å². The highest BCUT2D eigenvalue weighted by atomic mass is 35.5. The van der Waals surface area contributed by atoms with E-state index in [4.69, 9.17) is 27.9 Å². The van der Waals surface area contributed by atoms with Crippen molar-refractivity contribution < 1.29 is 23.1 Å². The lowest BCUT2D eigenvalue weighted by Crippen LogP contribution is -2.51. The fraction of sp³-hybridized carbons (Fsp3) is 0.368. The third-order valence-corrected chi connectivity index (χ3v) is 10.6. The minimum atomic E-state index is -0.563. The van der Waals surface area contributed by atoms with Gasteiger partial charge in [-0.2, -0.15) is 0 Å². The number of ether oxygens (including phenoxy) is 1. The normalized spacial score (nSPS) is 19.1. The molecule has 0 aromatic carbocycles. The minimum Gasteiger partial charge on any atom is -0.453 e. The molecule has 6 heterocycles. The van der Waals surface area contributed by atoms with Crippen molar-refractivity contribution in [3.05, 3.63) is 71.0 Å². The summed E-state index contributed by atoms with van der Waals surface area (Å²) in [6.07, 6.45) is 15.4. The number of halogens is 4. The molecule has 8 rings (SSSR count). The van der Waals surface area contributed by atoms with Crippen LogP contribution in [-0.4, -0.2) is 90.3 Å². The lowest BCUT2D eigenvalue weighted by molar-refractivity contribution is 0.161. The van der Waals surface area contributed by atoms with Crippen LogP contribution in [0.25, 0.3) is 44.8 Å². The third-order valence-electron chi connectivity index (χ3n) is 10.2. The van der Waals surface area contributed by atoms with Gasteiger partial charge in [-0.05, 0) is 37.8 Å². The molecule has 0 spiro atoms. The number of carbonyl (C=O) groups is 2. The summed E-state index contributed by atoms with van der Waals surface area (Å²) in [6.45, 7) is 0. The lowest BCUT2D eigenvalue weighted by Gasteiger charge is -2.33. The Kier molecular flexibility index (Phi) is 12.6.